The van der Waals surface area contributed by atoms with Gasteiger partial charge in [-0.15, -0.1) is 0 Å². The summed E-state index contributed by atoms with van der Waals surface area (Å²) < 4.78 is 5.97. The van der Waals surface area contributed by atoms with Crippen LogP contribution < -0.4 is 20.9 Å². The second kappa shape index (κ2) is 10.1. The minimum atomic E-state index is -0.531. The first-order valence-corrected chi connectivity index (χ1v) is 9.51. The number of hydrazine groups is 1. The number of anilines is 1. The highest BCUT2D eigenvalue weighted by atomic mass is 79.9. The molecule has 7 nitrogen and oxygen atoms in total. The summed E-state index contributed by atoms with van der Waals surface area (Å²) in [5.74, 6) is -0.839. The molecule has 0 aliphatic carbocycles. The van der Waals surface area contributed by atoms with E-state index in [9.17, 15) is 14.4 Å². The summed E-state index contributed by atoms with van der Waals surface area (Å²) in [5.41, 5.74) is 5.48. The Morgan fingerprint density at radius 2 is 1.75 bits per heavy atom. The van der Waals surface area contributed by atoms with Gasteiger partial charge in [-0.2, -0.15) is 0 Å². The van der Waals surface area contributed by atoms with Crippen molar-refractivity contribution in [3.63, 3.8) is 0 Å². The molecule has 148 valence electrons. The molecule has 0 radical (unpaired) electrons. The summed E-state index contributed by atoms with van der Waals surface area (Å²) in [6.45, 7) is 3.28. The number of carbonyl (C=O) groups excluding carboxylic acids is 3. The molecule has 0 unspecified atom stereocenters. The minimum absolute atomic E-state index is 0.114. The number of carbonyl (C=O) groups is 3. The first kappa shape index (κ1) is 21.7. The number of benzene rings is 2. The Morgan fingerprint density at radius 1 is 1.07 bits per heavy atom. The van der Waals surface area contributed by atoms with Crippen LogP contribution in [0, 0.1) is 5.92 Å². The number of hydrogen-bond donors (Lipinski definition) is 3. The van der Waals surface area contributed by atoms with E-state index >= 15 is 0 Å². The number of amides is 3. The molecule has 0 atom stereocenters. The summed E-state index contributed by atoms with van der Waals surface area (Å²) in [7, 11) is 0. The lowest BCUT2D eigenvalue weighted by Crippen LogP contribution is -2.43. The van der Waals surface area contributed by atoms with Gasteiger partial charge in [0.15, 0.2) is 6.61 Å². The van der Waals surface area contributed by atoms with Crippen molar-refractivity contribution in [2.45, 2.75) is 13.8 Å². The van der Waals surface area contributed by atoms with Crippen molar-refractivity contribution in [3.8, 4) is 5.75 Å². The summed E-state index contributed by atoms with van der Waals surface area (Å²) in [6.07, 6.45) is 0. The standard InChI is InChI=1S/C19H19BrClN3O4/c1-11(2)18(26)22-14-6-3-12(4-7-14)19(27)24-23-17(25)10-28-16-8-5-13(21)9-15(16)20/h3-9,11H,10H2,1-2H3,(H,22,26)(H,23,25)(H,24,27). The molecule has 0 fully saturated rings. The quantitative estimate of drug-likeness (QED) is 0.565. The zero-order valence-corrected chi connectivity index (χ0v) is 17.6. The van der Waals surface area contributed by atoms with Crippen LogP contribution in [0.1, 0.15) is 24.2 Å². The highest BCUT2D eigenvalue weighted by molar-refractivity contribution is 9.10. The monoisotopic (exact) mass is 467 g/mol. The van der Waals surface area contributed by atoms with Gasteiger partial charge in [0.05, 0.1) is 4.47 Å². The largest absolute Gasteiger partial charge is 0.483 e. The molecule has 28 heavy (non-hydrogen) atoms. The van der Waals surface area contributed by atoms with Gasteiger partial charge in [-0.25, -0.2) is 0 Å². The molecule has 0 saturated carbocycles. The van der Waals surface area contributed by atoms with Gasteiger partial charge in [0.1, 0.15) is 5.75 Å². The Hall–Kier alpha value is -2.58. The first-order chi connectivity index (χ1) is 13.3. The molecule has 3 N–H and O–H groups in total. The lowest BCUT2D eigenvalue weighted by molar-refractivity contribution is -0.124. The van der Waals surface area contributed by atoms with Gasteiger partial charge in [-0.1, -0.05) is 25.4 Å². The molecule has 0 aliphatic rings. The van der Waals surface area contributed by atoms with Crippen molar-refractivity contribution in [2.24, 2.45) is 5.92 Å². The van der Waals surface area contributed by atoms with E-state index in [-0.39, 0.29) is 18.4 Å². The third-order valence-corrected chi connectivity index (χ3v) is 4.36. The summed E-state index contributed by atoms with van der Waals surface area (Å²) in [5, 5.41) is 3.26. The van der Waals surface area contributed by atoms with E-state index in [2.05, 4.69) is 32.1 Å². The maximum absolute atomic E-state index is 12.1. The maximum Gasteiger partial charge on any atom is 0.276 e. The normalized spacial score (nSPS) is 10.3. The molecule has 0 aliphatic heterocycles. The first-order valence-electron chi connectivity index (χ1n) is 8.34. The van der Waals surface area contributed by atoms with Crippen LogP contribution in [0.5, 0.6) is 5.75 Å². The van der Waals surface area contributed by atoms with Gasteiger partial charge in [0, 0.05) is 22.2 Å². The molecule has 2 rings (SSSR count). The van der Waals surface area contributed by atoms with Gasteiger partial charge in [0.25, 0.3) is 11.8 Å². The van der Waals surface area contributed by atoms with Crippen molar-refractivity contribution < 1.29 is 19.1 Å². The fourth-order valence-corrected chi connectivity index (χ4v) is 2.76. The molecule has 0 saturated heterocycles. The molecule has 0 heterocycles. The Bertz CT molecular complexity index is 872. The van der Waals surface area contributed by atoms with Crippen LogP contribution in [-0.2, 0) is 9.59 Å². The van der Waals surface area contributed by atoms with Gasteiger partial charge >= 0.3 is 0 Å². The number of hydrogen-bond acceptors (Lipinski definition) is 4. The van der Waals surface area contributed by atoms with Crippen LogP contribution >= 0.6 is 27.5 Å². The molecule has 0 aromatic heterocycles. The third-order valence-electron chi connectivity index (χ3n) is 3.51. The van der Waals surface area contributed by atoms with Crippen LogP contribution in [0.4, 0.5) is 5.69 Å². The van der Waals surface area contributed by atoms with E-state index in [0.717, 1.165) is 0 Å². The molecule has 2 aromatic carbocycles. The predicted molar refractivity (Wildman–Crippen MR) is 110 cm³/mol. The van der Waals surface area contributed by atoms with Gasteiger partial charge < -0.3 is 10.1 Å². The van der Waals surface area contributed by atoms with Crippen molar-refractivity contribution in [1.29, 1.82) is 0 Å². The number of halogens is 2. The SMILES string of the molecule is CC(C)C(=O)Nc1ccc(C(=O)NNC(=O)COc2ccc(Cl)cc2Br)cc1. The summed E-state index contributed by atoms with van der Waals surface area (Å²) in [4.78, 5) is 35.6. The maximum atomic E-state index is 12.1. The molecule has 3 amide bonds. The summed E-state index contributed by atoms with van der Waals surface area (Å²) >= 11 is 9.12. The fourth-order valence-electron chi connectivity index (χ4n) is 1.96. The van der Waals surface area contributed by atoms with E-state index in [4.69, 9.17) is 16.3 Å². The van der Waals surface area contributed by atoms with Gasteiger partial charge in [-0.05, 0) is 58.4 Å². The highest BCUT2D eigenvalue weighted by Gasteiger charge is 2.11. The zero-order chi connectivity index (χ0) is 20.7. The Balaban J connectivity index is 1.81. The lowest BCUT2D eigenvalue weighted by Gasteiger charge is -2.11. The van der Waals surface area contributed by atoms with Crippen LogP contribution in [0.3, 0.4) is 0 Å². The topological polar surface area (TPSA) is 96.5 Å². The second-order valence-corrected chi connectivity index (χ2v) is 7.38. The fraction of sp³-hybridized carbons (Fsp3) is 0.211. The van der Waals surface area contributed by atoms with Crippen molar-refractivity contribution in [3.05, 3.63) is 57.5 Å². The molecule has 0 bridgehead atoms. The second-order valence-electron chi connectivity index (χ2n) is 6.09. The average Bonchev–Trinajstić information content (AvgIpc) is 2.65. The molecular weight excluding hydrogens is 450 g/mol. The smallest absolute Gasteiger partial charge is 0.276 e. The molecule has 0 spiro atoms. The number of nitrogens with one attached hydrogen (secondary N) is 3. The van der Waals surface area contributed by atoms with Crippen LogP contribution in [0.15, 0.2) is 46.9 Å². The van der Waals surface area contributed by atoms with Crippen molar-refractivity contribution in [1.82, 2.24) is 10.9 Å². The zero-order valence-electron chi connectivity index (χ0n) is 15.2. The van der Waals surface area contributed by atoms with Crippen LogP contribution in [0.25, 0.3) is 0 Å². The van der Waals surface area contributed by atoms with E-state index in [1.165, 1.54) is 0 Å². The molecule has 2 aromatic rings. The van der Waals surface area contributed by atoms with E-state index in [0.29, 0.717) is 26.5 Å². The summed E-state index contributed by atoms with van der Waals surface area (Å²) in [6, 6.07) is 11.2. The molecule has 9 heteroatoms. The Morgan fingerprint density at radius 3 is 2.36 bits per heavy atom. The average molecular weight is 469 g/mol. The lowest BCUT2D eigenvalue weighted by atomic mass is 10.1. The van der Waals surface area contributed by atoms with E-state index in [1.54, 1.807) is 56.3 Å². The number of ether oxygens (including phenoxy) is 1. The number of rotatable bonds is 6. The van der Waals surface area contributed by atoms with Crippen LogP contribution in [0.2, 0.25) is 5.02 Å². The predicted octanol–water partition coefficient (Wildman–Crippen LogP) is 3.54. The molecular formula is C19H19BrClN3O4. The highest BCUT2D eigenvalue weighted by Crippen LogP contribution is 2.27. The van der Waals surface area contributed by atoms with Gasteiger partial charge in [0.2, 0.25) is 5.91 Å². The minimum Gasteiger partial charge on any atom is -0.483 e. The van der Waals surface area contributed by atoms with E-state index in [1.807, 2.05) is 0 Å². The van der Waals surface area contributed by atoms with Crippen molar-refractivity contribution >= 4 is 50.9 Å². The van der Waals surface area contributed by atoms with Crippen LogP contribution in [-0.4, -0.2) is 24.3 Å². The Kier molecular flexibility index (Phi) is 7.83. The Labute approximate surface area is 175 Å². The third kappa shape index (κ3) is 6.54. The van der Waals surface area contributed by atoms with Gasteiger partial charge in [-0.3, -0.25) is 25.2 Å². The van der Waals surface area contributed by atoms with Crippen molar-refractivity contribution in [2.75, 3.05) is 11.9 Å². The van der Waals surface area contributed by atoms with E-state index < -0.39 is 11.8 Å².